The van der Waals surface area contributed by atoms with Gasteiger partial charge in [0.15, 0.2) is 0 Å². The van der Waals surface area contributed by atoms with Gasteiger partial charge >= 0.3 is 0 Å². The summed E-state index contributed by atoms with van der Waals surface area (Å²) >= 11 is 1.34. The zero-order chi connectivity index (χ0) is 20.8. The maximum atomic E-state index is 13.2. The molecule has 0 bridgehead atoms. The minimum atomic E-state index is -0.493. The van der Waals surface area contributed by atoms with Crippen LogP contribution in [-0.4, -0.2) is 26.1 Å². The van der Waals surface area contributed by atoms with E-state index in [0.29, 0.717) is 11.7 Å². The van der Waals surface area contributed by atoms with Gasteiger partial charge in [0.25, 0.3) is 0 Å². The van der Waals surface area contributed by atoms with Gasteiger partial charge in [-0.3, -0.25) is 4.79 Å². The van der Waals surface area contributed by atoms with E-state index in [4.69, 9.17) is 0 Å². The molecule has 0 unspecified atom stereocenters. The Balaban J connectivity index is 1.58. The quantitative estimate of drug-likeness (QED) is 0.450. The van der Waals surface area contributed by atoms with Crippen LogP contribution in [0.3, 0.4) is 0 Å². The van der Waals surface area contributed by atoms with Gasteiger partial charge in [-0.05, 0) is 40.6 Å². The van der Waals surface area contributed by atoms with Crippen LogP contribution in [0.4, 0.5) is 5.69 Å². The third-order valence-electron chi connectivity index (χ3n) is 4.56. The Hall–Kier alpha value is -3.45. The first-order valence-corrected chi connectivity index (χ1v) is 10.5. The van der Waals surface area contributed by atoms with Crippen molar-refractivity contribution in [2.24, 2.45) is 0 Å². The van der Waals surface area contributed by atoms with E-state index < -0.39 is 5.25 Å². The number of aromatic nitrogens is 4. The van der Waals surface area contributed by atoms with Gasteiger partial charge in [-0.2, -0.15) is 0 Å². The SMILES string of the molecule is Cc1ccc(NC(=O)[C@H](Sc2nnnn2Cc2ccccc2)c2ccccc2)cc1. The summed E-state index contributed by atoms with van der Waals surface area (Å²) in [6, 6.07) is 27.4. The molecule has 1 atom stereocenters. The first-order chi connectivity index (χ1) is 14.7. The Morgan fingerprint density at radius 1 is 0.967 bits per heavy atom. The van der Waals surface area contributed by atoms with Gasteiger partial charge in [0.2, 0.25) is 11.1 Å². The van der Waals surface area contributed by atoms with Gasteiger partial charge in [-0.25, -0.2) is 4.68 Å². The maximum Gasteiger partial charge on any atom is 0.242 e. The zero-order valence-corrected chi connectivity index (χ0v) is 17.3. The Morgan fingerprint density at radius 3 is 2.33 bits per heavy atom. The molecule has 0 aliphatic carbocycles. The molecular formula is C23H21N5OS. The molecule has 0 radical (unpaired) electrons. The fourth-order valence-corrected chi connectivity index (χ4v) is 3.96. The van der Waals surface area contributed by atoms with Gasteiger partial charge in [0, 0.05) is 5.69 Å². The fraction of sp³-hybridized carbons (Fsp3) is 0.130. The second-order valence-electron chi connectivity index (χ2n) is 6.87. The molecule has 1 heterocycles. The molecule has 1 N–H and O–H groups in total. The highest BCUT2D eigenvalue weighted by Gasteiger charge is 2.25. The van der Waals surface area contributed by atoms with Crippen molar-refractivity contribution in [3.63, 3.8) is 0 Å². The third-order valence-corrected chi connectivity index (χ3v) is 5.78. The fourth-order valence-electron chi connectivity index (χ4n) is 2.99. The molecule has 3 aromatic carbocycles. The number of nitrogens with zero attached hydrogens (tertiary/aromatic N) is 4. The molecule has 150 valence electrons. The Kier molecular flexibility index (Phi) is 6.20. The van der Waals surface area contributed by atoms with Crippen molar-refractivity contribution in [2.75, 3.05) is 5.32 Å². The lowest BCUT2D eigenvalue weighted by Gasteiger charge is -2.16. The lowest BCUT2D eigenvalue weighted by molar-refractivity contribution is -0.115. The lowest BCUT2D eigenvalue weighted by Crippen LogP contribution is -2.19. The first kappa shape index (κ1) is 19.8. The molecule has 0 fully saturated rings. The molecule has 1 aromatic heterocycles. The molecule has 0 saturated heterocycles. The van der Waals surface area contributed by atoms with Crippen LogP contribution in [0.5, 0.6) is 0 Å². The first-order valence-electron chi connectivity index (χ1n) is 9.58. The molecule has 4 aromatic rings. The summed E-state index contributed by atoms with van der Waals surface area (Å²) in [6.07, 6.45) is 0. The largest absolute Gasteiger partial charge is 0.325 e. The van der Waals surface area contributed by atoms with Crippen LogP contribution in [0.1, 0.15) is 21.9 Å². The summed E-state index contributed by atoms with van der Waals surface area (Å²) in [5.74, 6) is -0.121. The third kappa shape index (κ3) is 4.93. The predicted octanol–water partition coefficient (Wildman–Crippen LogP) is 4.50. The van der Waals surface area contributed by atoms with Crippen molar-refractivity contribution >= 4 is 23.4 Å². The smallest absolute Gasteiger partial charge is 0.242 e. The molecule has 0 aliphatic rings. The van der Waals surface area contributed by atoms with E-state index in [9.17, 15) is 4.79 Å². The van der Waals surface area contributed by atoms with Gasteiger partial charge in [-0.15, -0.1) is 5.10 Å². The zero-order valence-electron chi connectivity index (χ0n) is 16.5. The topological polar surface area (TPSA) is 72.7 Å². The number of amides is 1. The van der Waals surface area contributed by atoms with Crippen LogP contribution in [0.15, 0.2) is 90.1 Å². The van der Waals surface area contributed by atoms with Crippen molar-refractivity contribution < 1.29 is 4.79 Å². The average molecular weight is 416 g/mol. The number of carbonyl (C=O) groups is 1. The van der Waals surface area contributed by atoms with Gasteiger partial charge in [0.1, 0.15) is 5.25 Å². The van der Waals surface area contributed by atoms with Gasteiger partial charge in [0.05, 0.1) is 6.54 Å². The molecule has 4 rings (SSSR count). The van der Waals surface area contributed by atoms with Crippen molar-refractivity contribution in [3.8, 4) is 0 Å². The number of aryl methyl sites for hydroxylation is 1. The van der Waals surface area contributed by atoms with Crippen LogP contribution < -0.4 is 5.32 Å². The van der Waals surface area contributed by atoms with E-state index in [0.717, 1.165) is 22.4 Å². The monoisotopic (exact) mass is 415 g/mol. The average Bonchev–Trinajstić information content (AvgIpc) is 3.21. The number of benzene rings is 3. The molecule has 1 amide bonds. The van der Waals surface area contributed by atoms with Crippen LogP contribution in [0.2, 0.25) is 0 Å². The summed E-state index contributed by atoms with van der Waals surface area (Å²) in [5.41, 5.74) is 3.88. The second kappa shape index (κ2) is 9.37. The minimum absolute atomic E-state index is 0.121. The predicted molar refractivity (Wildman–Crippen MR) is 118 cm³/mol. The summed E-state index contributed by atoms with van der Waals surface area (Å²) in [4.78, 5) is 13.2. The summed E-state index contributed by atoms with van der Waals surface area (Å²) in [6.45, 7) is 2.55. The van der Waals surface area contributed by atoms with Crippen LogP contribution in [0.25, 0.3) is 0 Å². The number of rotatable bonds is 7. The molecule has 7 heteroatoms. The summed E-state index contributed by atoms with van der Waals surface area (Å²) < 4.78 is 1.72. The molecule has 0 spiro atoms. The number of hydrogen-bond donors (Lipinski definition) is 1. The molecule has 6 nitrogen and oxygen atoms in total. The number of nitrogens with one attached hydrogen (secondary N) is 1. The summed E-state index contributed by atoms with van der Waals surface area (Å²) in [7, 11) is 0. The van der Waals surface area contributed by atoms with Crippen molar-refractivity contribution in [2.45, 2.75) is 23.9 Å². The van der Waals surface area contributed by atoms with Crippen LogP contribution in [0, 0.1) is 6.92 Å². The number of carbonyl (C=O) groups excluding carboxylic acids is 1. The Labute approximate surface area is 179 Å². The number of tetrazole rings is 1. The lowest BCUT2D eigenvalue weighted by atomic mass is 10.1. The highest BCUT2D eigenvalue weighted by molar-refractivity contribution is 8.00. The molecule has 0 aliphatic heterocycles. The highest BCUT2D eigenvalue weighted by Crippen LogP contribution is 2.35. The molecule has 0 saturated carbocycles. The molecular weight excluding hydrogens is 394 g/mol. The normalized spacial score (nSPS) is 11.8. The standard InChI is InChI=1S/C23H21N5OS/c1-17-12-14-20(15-13-17)24-22(29)21(19-10-6-3-7-11-19)30-23-25-26-27-28(23)16-18-8-4-2-5-9-18/h2-15,21H,16H2,1H3,(H,24,29)/t21-/m1/s1. The maximum absolute atomic E-state index is 13.2. The van der Waals surface area contributed by atoms with Crippen LogP contribution >= 0.6 is 11.8 Å². The summed E-state index contributed by atoms with van der Waals surface area (Å²) in [5, 5.41) is 15.2. The van der Waals surface area contributed by atoms with Gasteiger partial charge in [-0.1, -0.05) is 90.1 Å². The minimum Gasteiger partial charge on any atom is -0.325 e. The van der Waals surface area contributed by atoms with Crippen molar-refractivity contribution in [1.29, 1.82) is 0 Å². The van der Waals surface area contributed by atoms with Crippen molar-refractivity contribution in [3.05, 3.63) is 102 Å². The van der Waals surface area contributed by atoms with E-state index in [2.05, 4.69) is 20.8 Å². The number of anilines is 1. The van der Waals surface area contributed by atoms with Gasteiger partial charge < -0.3 is 5.32 Å². The van der Waals surface area contributed by atoms with E-state index in [1.165, 1.54) is 11.8 Å². The van der Waals surface area contributed by atoms with E-state index in [1.54, 1.807) is 4.68 Å². The Morgan fingerprint density at radius 2 is 1.63 bits per heavy atom. The number of hydrogen-bond acceptors (Lipinski definition) is 5. The van der Waals surface area contributed by atoms with E-state index in [1.807, 2.05) is 91.9 Å². The molecule has 30 heavy (non-hydrogen) atoms. The van der Waals surface area contributed by atoms with Crippen LogP contribution in [-0.2, 0) is 11.3 Å². The second-order valence-corrected chi connectivity index (χ2v) is 7.94. The van der Waals surface area contributed by atoms with Crippen molar-refractivity contribution in [1.82, 2.24) is 20.2 Å². The number of thioether (sulfide) groups is 1. The van der Waals surface area contributed by atoms with E-state index >= 15 is 0 Å². The van der Waals surface area contributed by atoms with E-state index in [-0.39, 0.29) is 5.91 Å². The highest BCUT2D eigenvalue weighted by atomic mass is 32.2. The Bertz CT molecular complexity index is 1100.